The Morgan fingerprint density at radius 2 is 1.77 bits per heavy atom. The van der Waals surface area contributed by atoms with Crippen LogP contribution in [0.3, 0.4) is 0 Å². The van der Waals surface area contributed by atoms with Gasteiger partial charge in [-0.05, 0) is 18.9 Å². The summed E-state index contributed by atoms with van der Waals surface area (Å²) in [5, 5.41) is 7.93. The van der Waals surface area contributed by atoms with Gasteiger partial charge in [-0.1, -0.05) is 18.9 Å². The summed E-state index contributed by atoms with van der Waals surface area (Å²) in [7, 11) is 0. The number of amides is 2. The fourth-order valence-corrected chi connectivity index (χ4v) is 3.75. The molecule has 1 aliphatic carbocycles. The minimum atomic E-state index is -0.541. The van der Waals surface area contributed by atoms with Crippen LogP contribution in [0.15, 0.2) is 30.6 Å². The van der Waals surface area contributed by atoms with Crippen molar-refractivity contribution in [3.8, 4) is 5.69 Å². The highest BCUT2D eigenvalue weighted by molar-refractivity contribution is 6.35. The minimum Gasteiger partial charge on any atom is -0.330 e. The van der Waals surface area contributed by atoms with E-state index in [-0.39, 0.29) is 12.6 Å². The quantitative estimate of drug-likeness (QED) is 0.778. The first-order valence-electron chi connectivity index (χ1n) is 8.88. The molecule has 0 spiro atoms. The third-order valence-electron chi connectivity index (χ3n) is 5.15. The fraction of sp³-hybridized carbons (Fsp3) is 0.444. The molecule has 0 radical (unpaired) electrons. The van der Waals surface area contributed by atoms with Crippen molar-refractivity contribution in [1.82, 2.24) is 24.8 Å². The van der Waals surface area contributed by atoms with Gasteiger partial charge in [0.25, 0.3) is 0 Å². The molecule has 0 bridgehead atoms. The first-order chi connectivity index (χ1) is 12.6. The van der Waals surface area contributed by atoms with Crippen LogP contribution in [0, 0.1) is 5.82 Å². The molecule has 26 heavy (non-hydrogen) atoms. The Kier molecular flexibility index (Phi) is 4.40. The highest BCUT2D eigenvalue weighted by Gasteiger charge is 2.37. The Labute approximate surface area is 150 Å². The zero-order valence-electron chi connectivity index (χ0n) is 14.3. The molecule has 0 atom stereocenters. The van der Waals surface area contributed by atoms with E-state index in [2.05, 4.69) is 10.2 Å². The first-order valence-corrected chi connectivity index (χ1v) is 8.88. The summed E-state index contributed by atoms with van der Waals surface area (Å²) in [4.78, 5) is 29.3. The molecule has 1 aromatic carbocycles. The highest BCUT2D eigenvalue weighted by Crippen LogP contribution is 2.26. The summed E-state index contributed by atoms with van der Waals surface area (Å²) in [5.41, 5.74) is 0.876. The van der Waals surface area contributed by atoms with E-state index in [0.29, 0.717) is 24.3 Å². The van der Waals surface area contributed by atoms with Gasteiger partial charge in [0, 0.05) is 37.3 Å². The third kappa shape index (κ3) is 3.07. The molecular weight excluding hydrogens is 337 g/mol. The summed E-state index contributed by atoms with van der Waals surface area (Å²) >= 11 is 0. The van der Waals surface area contributed by atoms with Crippen molar-refractivity contribution in [2.75, 3.05) is 13.1 Å². The van der Waals surface area contributed by atoms with Gasteiger partial charge in [0.2, 0.25) is 0 Å². The number of piperazine rings is 1. The first kappa shape index (κ1) is 16.7. The summed E-state index contributed by atoms with van der Waals surface area (Å²) in [6, 6.07) is 4.82. The number of aromatic nitrogens is 3. The Hall–Kier alpha value is -2.77. The maximum atomic E-state index is 14.4. The number of carbonyl (C=O) groups is 2. The van der Waals surface area contributed by atoms with Gasteiger partial charge >= 0.3 is 11.8 Å². The van der Waals surface area contributed by atoms with Gasteiger partial charge in [-0.2, -0.15) is 15.0 Å². The van der Waals surface area contributed by atoms with Gasteiger partial charge in [-0.25, -0.2) is 4.39 Å². The molecule has 0 N–H and O–H groups in total. The van der Waals surface area contributed by atoms with Gasteiger partial charge < -0.3 is 9.80 Å². The molecule has 2 fully saturated rings. The van der Waals surface area contributed by atoms with Gasteiger partial charge in [-0.15, -0.1) is 0 Å². The van der Waals surface area contributed by atoms with Crippen LogP contribution in [0.2, 0.25) is 0 Å². The molecule has 2 aliphatic rings. The normalized spacial score (nSPS) is 18.8. The van der Waals surface area contributed by atoms with Crippen molar-refractivity contribution in [2.24, 2.45) is 0 Å². The monoisotopic (exact) mass is 357 g/mol. The zero-order chi connectivity index (χ0) is 18.1. The lowest BCUT2D eigenvalue weighted by Gasteiger charge is -2.37. The van der Waals surface area contributed by atoms with Gasteiger partial charge in [0.1, 0.15) is 5.82 Å². The molecule has 4 rings (SSSR count). The van der Waals surface area contributed by atoms with E-state index in [4.69, 9.17) is 0 Å². The molecular formula is C18H20FN5O2. The van der Waals surface area contributed by atoms with E-state index in [0.717, 1.165) is 25.7 Å². The fourth-order valence-electron chi connectivity index (χ4n) is 3.75. The van der Waals surface area contributed by atoms with E-state index in [1.54, 1.807) is 17.0 Å². The van der Waals surface area contributed by atoms with Crippen LogP contribution >= 0.6 is 0 Å². The van der Waals surface area contributed by atoms with Crippen molar-refractivity contribution in [3.63, 3.8) is 0 Å². The van der Waals surface area contributed by atoms with Gasteiger partial charge in [0.05, 0.1) is 18.1 Å². The molecule has 7 nitrogen and oxygen atoms in total. The number of carbonyl (C=O) groups excluding carboxylic acids is 2. The predicted octanol–water partition coefficient (Wildman–Crippen LogP) is 1.52. The summed E-state index contributed by atoms with van der Waals surface area (Å²) in [5.74, 6) is -1.44. The number of benzene rings is 1. The molecule has 1 aromatic heterocycles. The second kappa shape index (κ2) is 6.86. The Morgan fingerprint density at radius 1 is 1.04 bits per heavy atom. The van der Waals surface area contributed by atoms with Crippen molar-refractivity contribution in [1.29, 1.82) is 0 Å². The zero-order valence-corrected chi connectivity index (χ0v) is 14.3. The van der Waals surface area contributed by atoms with Crippen LogP contribution in [0.5, 0.6) is 0 Å². The van der Waals surface area contributed by atoms with Gasteiger partial charge in [0.15, 0.2) is 0 Å². The van der Waals surface area contributed by atoms with Crippen LogP contribution in [-0.4, -0.2) is 55.7 Å². The molecule has 1 saturated heterocycles. The lowest BCUT2D eigenvalue weighted by molar-refractivity contribution is -0.158. The van der Waals surface area contributed by atoms with E-state index >= 15 is 0 Å². The maximum absolute atomic E-state index is 14.4. The molecule has 1 saturated carbocycles. The molecule has 1 aliphatic heterocycles. The Bertz CT molecular complexity index is 817. The number of nitrogens with zero attached hydrogens (tertiary/aromatic N) is 5. The van der Waals surface area contributed by atoms with Crippen LogP contribution in [-0.2, 0) is 16.1 Å². The van der Waals surface area contributed by atoms with Crippen LogP contribution in [0.1, 0.15) is 31.2 Å². The summed E-state index contributed by atoms with van der Waals surface area (Å²) in [6.07, 6.45) is 7.18. The standard InChI is InChI=1S/C18H20FN5O2/c19-16-11-15(24-20-7-8-21-24)6-5-13(16)12-22-9-10-23(18(26)17(22)25)14-3-1-2-4-14/h5-8,11,14H,1-4,9-10,12H2. The lowest BCUT2D eigenvalue weighted by Crippen LogP contribution is -2.56. The van der Waals surface area contributed by atoms with Crippen LogP contribution < -0.4 is 0 Å². The molecule has 2 aromatic rings. The average Bonchev–Trinajstić information content (AvgIpc) is 3.34. The van der Waals surface area contributed by atoms with Crippen molar-refractivity contribution in [3.05, 3.63) is 42.0 Å². The Morgan fingerprint density at radius 3 is 2.46 bits per heavy atom. The molecule has 2 heterocycles. The van der Waals surface area contributed by atoms with Crippen LogP contribution in [0.4, 0.5) is 4.39 Å². The van der Waals surface area contributed by atoms with E-state index in [1.165, 1.54) is 28.2 Å². The molecule has 0 unspecified atom stereocenters. The third-order valence-corrected chi connectivity index (χ3v) is 5.15. The van der Waals surface area contributed by atoms with Crippen molar-refractivity contribution in [2.45, 2.75) is 38.3 Å². The molecule has 8 heteroatoms. The lowest BCUT2D eigenvalue weighted by atomic mass is 10.1. The van der Waals surface area contributed by atoms with E-state index in [9.17, 15) is 14.0 Å². The second-order valence-electron chi connectivity index (χ2n) is 6.76. The molecule has 2 amide bonds. The summed E-state index contributed by atoms with van der Waals surface area (Å²) < 4.78 is 14.4. The van der Waals surface area contributed by atoms with Crippen molar-refractivity contribution >= 4 is 11.8 Å². The molecule has 136 valence electrons. The SMILES string of the molecule is O=C1C(=O)N(C2CCCC2)CCN1Cc1ccc(-n2nccn2)cc1F. The number of hydrogen-bond acceptors (Lipinski definition) is 4. The number of hydrogen-bond donors (Lipinski definition) is 0. The smallest absolute Gasteiger partial charge is 0.312 e. The van der Waals surface area contributed by atoms with Crippen LogP contribution in [0.25, 0.3) is 5.69 Å². The predicted molar refractivity (Wildman–Crippen MR) is 90.7 cm³/mol. The minimum absolute atomic E-state index is 0.0850. The Balaban J connectivity index is 1.46. The van der Waals surface area contributed by atoms with Gasteiger partial charge in [-0.3, -0.25) is 9.59 Å². The topological polar surface area (TPSA) is 71.3 Å². The van der Waals surface area contributed by atoms with Crippen molar-refractivity contribution < 1.29 is 14.0 Å². The highest BCUT2D eigenvalue weighted by atomic mass is 19.1. The average molecular weight is 357 g/mol. The largest absolute Gasteiger partial charge is 0.330 e. The summed E-state index contributed by atoms with van der Waals surface area (Å²) in [6.45, 7) is 1.04. The second-order valence-corrected chi connectivity index (χ2v) is 6.76. The number of halogens is 1. The maximum Gasteiger partial charge on any atom is 0.312 e. The van der Waals surface area contributed by atoms with E-state index < -0.39 is 17.6 Å². The van der Waals surface area contributed by atoms with E-state index in [1.807, 2.05) is 0 Å². The number of rotatable bonds is 4.